The van der Waals surface area contributed by atoms with Crippen LogP contribution in [0.2, 0.25) is 0 Å². The van der Waals surface area contributed by atoms with Crippen molar-refractivity contribution in [2.24, 2.45) is 0 Å². The van der Waals surface area contributed by atoms with Crippen molar-refractivity contribution in [1.29, 1.82) is 0 Å². The molecular formula is C16H27BrN2. The molecule has 1 rings (SSSR count). The van der Waals surface area contributed by atoms with Gasteiger partial charge in [0.25, 0.3) is 0 Å². The molecule has 0 fully saturated rings. The normalized spacial score (nSPS) is 12.9. The summed E-state index contributed by atoms with van der Waals surface area (Å²) < 4.78 is 1.14. The van der Waals surface area contributed by atoms with E-state index < -0.39 is 0 Å². The van der Waals surface area contributed by atoms with Gasteiger partial charge in [-0.3, -0.25) is 0 Å². The third-order valence-electron chi connectivity index (χ3n) is 3.57. The number of hydrogen-bond donors (Lipinski definition) is 1. The summed E-state index contributed by atoms with van der Waals surface area (Å²) in [6, 6.07) is 9.11. The van der Waals surface area contributed by atoms with Crippen LogP contribution in [0.3, 0.4) is 0 Å². The molecule has 2 nitrogen and oxygen atoms in total. The van der Waals surface area contributed by atoms with E-state index in [2.05, 4.69) is 71.2 Å². The monoisotopic (exact) mass is 326 g/mol. The molecule has 0 aliphatic rings. The quantitative estimate of drug-likeness (QED) is 0.736. The smallest absolute Gasteiger partial charge is 0.0207 e. The Hall–Kier alpha value is -0.380. The molecular weight excluding hydrogens is 300 g/mol. The van der Waals surface area contributed by atoms with E-state index >= 15 is 0 Å². The molecule has 19 heavy (non-hydrogen) atoms. The number of benzene rings is 1. The van der Waals surface area contributed by atoms with Crippen LogP contribution in [0.15, 0.2) is 28.7 Å². The zero-order valence-electron chi connectivity index (χ0n) is 12.5. The molecule has 0 aliphatic carbocycles. The Morgan fingerprint density at radius 3 is 2.37 bits per heavy atom. The Kier molecular flexibility index (Phi) is 8.35. The van der Waals surface area contributed by atoms with Gasteiger partial charge in [0.2, 0.25) is 0 Å². The van der Waals surface area contributed by atoms with Crippen molar-refractivity contribution < 1.29 is 0 Å². The van der Waals surface area contributed by atoms with Crippen LogP contribution in [0.4, 0.5) is 0 Å². The van der Waals surface area contributed by atoms with E-state index in [0.29, 0.717) is 6.04 Å². The molecule has 1 atom stereocenters. The minimum Gasteiger partial charge on any atom is -0.310 e. The Morgan fingerprint density at radius 1 is 1.16 bits per heavy atom. The second-order valence-corrected chi connectivity index (χ2v) is 5.99. The molecule has 0 spiro atoms. The number of nitrogens with zero attached hydrogens (tertiary/aromatic N) is 1. The third-order valence-corrected chi connectivity index (χ3v) is 4.10. The largest absolute Gasteiger partial charge is 0.310 e. The van der Waals surface area contributed by atoms with Gasteiger partial charge in [-0.15, -0.1) is 0 Å². The molecule has 0 saturated carbocycles. The van der Waals surface area contributed by atoms with Crippen molar-refractivity contribution >= 4 is 15.9 Å². The van der Waals surface area contributed by atoms with E-state index in [-0.39, 0.29) is 0 Å². The van der Waals surface area contributed by atoms with Crippen molar-refractivity contribution in [1.82, 2.24) is 10.2 Å². The Balaban J connectivity index is 2.17. The van der Waals surface area contributed by atoms with Crippen molar-refractivity contribution in [2.75, 3.05) is 19.6 Å². The fourth-order valence-electron chi connectivity index (χ4n) is 2.16. The van der Waals surface area contributed by atoms with Crippen LogP contribution in [0.5, 0.6) is 0 Å². The first kappa shape index (κ1) is 16.7. The molecule has 0 amide bonds. The molecule has 0 saturated heterocycles. The minimum absolute atomic E-state index is 0.583. The standard InChI is InChI=1S/C16H27BrN2/c1-4-19(5-2)12-6-7-14(3)18-13-15-8-10-16(17)11-9-15/h8-11,14,18H,4-7,12-13H2,1-3H3. The van der Waals surface area contributed by atoms with Gasteiger partial charge in [-0.2, -0.15) is 0 Å². The zero-order valence-corrected chi connectivity index (χ0v) is 14.0. The maximum Gasteiger partial charge on any atom is 0.0207 e. The molecule has 0 radical (unpaired) electrons. The van der Waals surface area contributed by atoms with E-state index in [1.54, 1.807) is 0 Å². The SMILES string of the molecule is CCN(CC)CCCC(C)NCc1ccc(Br)cc1. The van der Waals surface area contributed by atoms with Crippen LogP contribution in [-0.4, -0.2) is 30.6 Å². The van der Waals surface area contributed by atoms with Crippen molar-refractivity contribution in [2.45, 2.75) is 46.2 Å². The molecule has 0 aromatic heterocycles. The lowest BCUT2D eigenvalue weighted by molar-refractivity contribution is 0.290. The highest BCUT2D eigenvalue weighted by atomic mass is 79.9. The van der Waals surface area contributed by atoms with Crippen LogP contribution in [0, 0.1) is 0 Å². The molecule has 1 aromatic rings. The molecule has 1 aromatic carbocycles. The van der Waals surface area contributed by atoms with Crippen LogP contribution in [0.1, 0.15) is 39.2 Å². The van der Waals surface area contributed by atoms with Crippen molar-refractivity contribution in [3.63, 3.8) is 0 Å². The van der Waals surface area contributed by atoms with Gasteiger partial charge < -0.3 is 10.2 Å². The molecule has 0 heterocycles. The number of halogens is 1. The Bertz CT molecular complexity index is 333. The van der Waals surface area contributed by atoms with Crippen LogP contribution >= 0.6 is 15.9 Å². The topological polar surface area (TPSA) is 15.3 Å². The summed E-state index contributed by atoms with van der Waals surface area (Å²) in [6.45, 7) is 11.3. The van der Waals surface area contributed by atoms with E-state index in [4.69, 9.17) is 0 Å². The van der Waals surface area contributed by atoms with Crippen molar-refractivity contribution in [3.8, 4) is 0 Å². The average Bonchev–Trinajstić information content (AvgIpc) is 2.43. The van der Waals surface area contributed by atoms with Crippen molar-refractivity contribution in [3.05, 3.63) is 34.3 Å². The highest BCUT2D eigenvalue weighted by Crippen LogP contribution is 2.10. The first-order chi connectivity index (χ1) is 9.15. The fraction of sp³-hybridized carbons (Fsp3) is 0.625. The minimum atomic E-state index is 0.583. The van der Waals surface area contributed by atoms with Gasteiger partial charge in [0.05, 0.1) is 0 Å². The van der Waals surface area contributed by atoms with Gasteiger partial charge in [-0.1, -0.05) is 41.9 Å². The summed E-state index contributed by atoms with van der Waals surface area (Å²) in [7, 11) is 0. The van der Waals surface area contributed by atoms with Crippen LogP contribution in [-0.2, 0) is 6.54 Å². The lowest BCUT2D eigenvalue weighted by Crippen LogP contribution is -2.28. The molecule has 1 N–H and O–H groups in total. The van der Waals surface area contributed by atoms with E-state index in [1.165, 1.54) is 24.9 Å². The number of hydrogen-bond acceptors (Lipinski definition) is 2. The van der Waals surface area contributed by atoms with Gasteiger partial charge in [-0.05, 0) is 57.1 Å². The summed E-state index contributed by atoms with van der Waals surface area (Å²) in [5.41, 5.74) is 1.35. The fourth-order valence-corrected chi connectivity index (χ4v) is 2.42. The lowest BCUT2D eigenvalue weighted by Gasteiger charge is -2.19. The van der Waals surface area contributed by atoms with E-state index in [1.807, 2.05) is 0 Å². The second kappa shape index (κ2) is 9.51. The summed E-state index contributed by atoms with van der Waals surface area (Å²) in [5, 5.41) is 3.59. The zero-order chi connectivity index (χ0) is 14.1. The third kappa shape index (κ3) is 7.09. The van der Waals surface area contributed by atoms with Gasteiger partial charge in [0.1, 0.15) is 0 Å². The second-order valence-electron chi connectivity index (χ2n) is 5.08. The van der Waals surface area contributed by atoms with E-state index in [0.717, 1.165) is 24.1 Å². The van der Waals surface area contributed by atoms with Gasteiger partial charge in [0, 0.05) is 17.1 Å². The van der Waals surface area contributed by atoms with Crippen LogP contribution < -0.4 is 5.32 Å². The van der Waals surface area contributed by atoms with Gasteiger partial charge >= 0.3 is 0 Å². The highest BCUT2D eigenvalue weighted by molar-refractivity contribution is 9.10. The summed E-state index contributed by atoms with van der Waals surface area (Å²) in [5.74, 6) is 0. The Labute approximate surface area is 126 Å². The molecule has 0 aliphatic heterocycles. The lowest BCUT2D eigenvalue weighted by atomic mass is 10.1. The summed E-state index contributed by atoms with van der Waals surface area (Å²) in [6.07, 6.45) is 2.52. The van der Waals surface area contributed by atoms with E-state index in [9.17, 15) is 0 Å². The Morgan fingerprint density at radius 2 is 1.79 bits per heavy atom. The first-order valence-corrected chi connectivity index (χ1v) is 8.15. The van der Waals surface area contributed by atoms with Gasteiger partial charge in [0.15, 0.2) is 0 Å². The predicted octanol–water partition coefficient (Wildman–Crippen LogP) is 4.05. The van der Waals surface area contributed by atoms with Crippen LogP contribution in [0.25, 0.3) is 0 Å². The first-order valence-electron chi connectivity index (χ1n) is 7.35. The number of nitrogens with one attached hydrogen (secondary N) is 1. The maximum absolute atomic E-state index is 3.59. The highest BCUT2D eigenvalue weighted by Gasteiger charge is 2.04. The predicted molar refractivity (Wildman–Crippen MR) is 87.5 cm³/mol. The molecule has 108 valence electrons. The maximum atomic E-state index is 3.59. The number of rotatable bonds is 9. The molecule has 0 bridgehead atoms. The molecule has 3 heteroatoms. The average molecular weight is 327 g/mol. The summed E-state index contributed by atoms with van der Waals surface area (Å²) in [4.78, 5) is 2.49. The summed E-state index contributed by atoms with van der Waals surface area (Å²) >= 11 is 3.46. The molecule has 1 unspecified atom stereocenters. The van der Waals surface area contributed by atoms with Gasteiger partial charge in [-0.25, -0.2) is 0 Å².